The lowest BCUT2D eigenvalue weighted by Crippen LogP contribution is -2.02. The van der Waals surface area contributed by atoms with Crippen molar-refractivity contribution in [3.63, 3.8) is 0 Å². The number of hydrogen-bond donors (Lipinski definition) is 1. The number of rotatable bonds is 3. The van der Waals surface area contributed by atoms with Gasteiger partial charge >= 0.3 is 0 Å². The fourth-order valence-electron chi connectivity index (χ4n) is 1.28. The maximum atomic E-state index is 9.08. The average Bonchev–Trinajstić information content (AvgIpc) is 2.04. The van der Waals surface area contributed by atoms with E-state index in [2.05, 4.69) is 0 Å². The lowest BCUT2D eigenvalue weighted by atomic mass is 9.98. The van der Waals surface area contributed by atoms with Gasteiger partial charge in [0.15, 0.2) is 0 Å². The molecule has 0 saturated heterocycles. The first-order valence-corrected chi connectivity index (χ1v) is 4.99. The molecule has 0 aliphatic rings. The molecule has 0 unspecified atom stereocenters. The number of aliphatic hydroxyl groups is 1. The van der Waals surface area contributed by atoms with Crippen LogP contribution < -0.4 is 0 Å². The molecule has 1 nitrogen and oxygen atoms in total. The monoisotopic (exact) mass is 218 g/mol. The molecule has 1 N–H and O–H groups in total. The van der Waals surface area contributed by atoms with E-state index in [9.17, 15) is 0 Å². The summed E-state index contributed by atoms with van der Waals surface area (Å²) in [4.78, 5) is 0. The molecule has 0 fully saturated rings. The molecule has 0 aliphatic carbocycles. The van der Waals surface area contributed by atoms with Crippen LogP contribution in [0.25, 0.3) is 0 Å². The largest absolute Gasteiger partial charge is 0.396 e. The van der Waals surface area contributed by atoms with Crippen molar-refractivity contribution in [3.8, 4) is 0 Å². The van der Waals surface area contributed by atoms with Gasteiger partial charge in [0.25, 0.3) is 0 Å². The van der Waals surface area contributed by atoms with Crippen molar-refractivity contribution < 1.29 is 5.11 Å². The van der Waals surface area contributed by atoms with Crippen LogP contribution in [-0.4, -0.2) is 11.7 Å². The highest BCUT2D eigenvalue weighted by atomic mass is 35.5. The van der Waals surface area contributed by atoms with E-state index in [1.165, 1.54) is 0 Å². The topological polar surface area (TPSA) is 20.2 Å². The van der Waals surface area contributed by atoms with E-state index in [0.29, 0.717) is 10.0 Å². The molecule has 0 radical (unpaired) electrons. The van der Waals surface area contributed by atoms with E-state index >= 15 is 0 Å². The summed E-state index contributed by atoms with van der Waals surface area (Å²) < 4.78 is 0. The van der Waals surface area contributed by atoms with Gasteiger partial charge in [0.1, 0.15) is 0 Å². The van der Waals surface area contributed by atoms with E-state index in [0.717, 1.165) is 12.0 Å². The highest BCUT2D eigenvalue weighted by Gasteiger charge is 2.09. The van der Waals surface area contributed by atoms with Gasteiger partial charge in [0, 0.05) is 22.6 Å². The van der Waals surface area contributed by atoms with Gasteiger partial charge in [-0.3, -0.25) is 0 Å². The summed E-state index contributed by atoms with van der Waals surface area (Å²) in [6, 6.07) is 5.38. The summed E-state index contributed by atoms with van der Waals surface area (Å²) in [7, 11) is 0. The van der Waals surface area contributed by atoms with Crippen molar-refractivity contribution in [1.82, 2.24) is 0 Å². The molecule has 0 amide bonds. The second-order valence-electron chi connectivity index (χ2n) is 2.99. The molecule has 0 spiro atoms. The van der Waals surface area contributed by atoms with Gasteiger partial charge in [0.05, 0.1) is 0 Å². The van der Waals surface area contributed by atoms with Crippen molar-refractivity contribution in [1.29, 1.82) is 0 Å². The Bertz CT molecular complexity index is 262. The number of hydrogen-bond acceptors (Lipinski definition) is 1. The Morgan fingerprint density at radius 2 is 1.77 bits per heavy atom. The van der Waals surface area contributed by atoms with Crippen molar-refractivity contribution in [2.75, 3.05) is 6.61 Å². The molecule has 0 aliphatic heterocycles. The van der Waals surface area contributed by atoms with Crippen LogP contribution >= 0.6 is 23.2 Å². The molecule has 0 aromatic heterocycles. The van der Waals surface area contributed by atoms with Crippen LogP contribution in [0.2, 0.25) is 10.0 Å². The van der Waals surface area contributed by atoms with Crippen LogP contribution in [0.15, 0.2) is 18.2 Å². The predicted octanol–water partition coefficient (Wildman–Crippen LogP) is 3.48. The van der Waals surface area contributed by atoms with E-state index in [1.54, 1.807) is 6.07 Å². The van der Waals surface area contributed by atoms with E-state index in [1.807, 2.05) is 19.1 Å². The Balaban J connectivity index is 2.99. The van der Waals surface area contributed by atoms with Crippen molar-refractivity contribution >= 4 is 23.2 Å². The maximum Gasteiger partial charge on any atom is 0.0499 e. The van der Waals surface area contributed by atoms with Crippen LogP contribution in [-0.2, 0) is 0 Å². The van der Waals surface area contributed by atoms with E-state index < -0.39 is 0 Å². The van der Waals surface area contributed by atoms with Gasteiger partial charge in [-0.15, -0.1) is 0 Å². The second kappa shape index (κ2) is 4.85. The third-order valence-corrected chi connectivity index (χ3v) is 2.51. The van der Waals surface area contributed by atoms with Crippen molar-refractivity contribution in [3.05, 3.63) is 33.8 Å². The average molecular weight is 219 g/mol. The van der Waals surface area contributed by atoms with E-state index in [-0.39, 0.29) is 12.5 Å². The third-order valence-electron chi connectivity index (χ3n) is 2.07. The van der Waals surface area contributed by atoms with Crippen LogP contribution in [0, 0.1) is 0 Å². The summed E-state index contributed by atoms with van der Waals surface area (Å²) in [5, 5.41) is 10.3. The Morgan fingerprint density at radius 3 is 2.15 bits per heavy atom. The van der Waals surface area contributed by atoms with Gasteiger partial charge in [-0.1, -0.05) is 30.1 Å². The molecule has 1 atom stereocenters. The quantitative estimate of drug-likeness (QED) is 0.824. The zero-order valence-corrected chi connectivity index (χ0v) is 8.94. The molecule has 0 bridgehead atoms. The Labute approximate surface area is 88.3 Å². The molecular weight excluding hydrogens is 207 g/mol. The minimum absolute atomic E-state index is 0.132. The minimum Gasteiger partial charge on any atom is -0.396 e. The zero-order valence-electron chi connectivity index (χ0n) is 7.43. The molecule has 13 heavy (non-hydrogen) atoms. The molecule has 3 heteroatoms. The number of halogens is 2. The SMILES string of the molecule is CC[C@H](CO)c1cc(Cl)cc(Cl)c1. The summed E-state index contributed by atoms with van der Waals surface area (Å²) >= 11 is 11.7. The molecule has 1 aromatic carbocycles. The van der Waals surface area contributed by atoms with Gasteiger partial charge in [-0.05, 0) is 30.2 Å². The van der Waals surface area contributed by atoms with Gasteiger partial charge < -0.3 is 5.11 Å². The molecule has 72 valence electrons. The van der Waals surface area contributed by atoms with Crippen LogP contribution in [0.5, 0.6) is 0 Å². The summed E-state index contributed by atoms with van der Waals surface area (Å²) in [6.45, 7) is 2.16. The fourth-order valence-corrected chi connectivity index (χ4v) is 1.82. The molecule has 1 rings (SSSR count). The lowest BCUT2D eigenvalue weighted by Gasteiger charge is -2.12. The first-order chi connectivity index (χ1) is 6.17. The van der Waals surface area contributed by atoms with Crippen LogP contribution in [0.1, 0.15) is 24.8 Å². The maximum absolute atomic E-state index is 9.08. The van der Waals surface area contributed by atoms with Crippen molar-refractivity contribution in [2.45, 2.75) is 19.3 Å². The first-order valence-electron chi connectivity index (χ1n) is 4.24. The Morgan fingerprint density at radius 1 is 1.23 bits per heavy atom. The molecule has 0 heterocycles. The van der Waals surface area contributed by atoms with Gasteiger partial charge in [-0.2, -0.15) is 0 Å². The highest BCUT2D eigenvalue weighted by Crippen LogP contribution is 2.26. The van der Waals surface area contributed by atoms with Crippen molar-refractivity contribution in [2.24, 2.45) is 0 Å². The van der Waals surface area contributed by atoms with Gasteiger partial charge in [0.2, 0.25) is 0 Å². The second-order valence-corrected chi connectivity index (χ2v) is 3.86. The predicted molar refractivity (Wildman–Crippen MR) is 56.6 cm³/mol. The number of benzene rings is 1. The lowest BCUT2D eigenvalue weighted by molar-refractivity contribution is 0.262. The Hall–Kier alpha value is -0.240. The zero-order chi connectivity index (χ0) is 9.84. The molecular formula is C10H12Cl2O. The fraction of sp³-hybridized carbons (Fsp3) is 0.400. The first kappa shape index (κ1) is 10.8. The van der Waals surface area contributed by atoms with Crippen LogP contribution in [0.3, 0.4) is 0 Å². The Kier molecular flexibility index (Phi) is 4.04. The highest BCUT2D eigenvalue weighted by molar-refractivity contribution is 6.34. The van der Waals surface area contributed by atoms with E-state index in [4.69, 9.17) is 28.3 Å². The minimum atomic E-state index is 0.132. The summed E-state index contributed by atoms with van der Waals surface area (Å²) in [5.41, 5.74) is 1.00. The smallest absolute Gasteiger partial charge is 0.0499 e. The summed E-state index contributed by atoms with van der Waals surface area (Å²) in [6.07, 6.45) is 0.882. The standard InChI is InChI=1S/C10H12Cl2O/c1-2-7(6-13)8-3-9(11)5-10(12)4-8/h3-5,7,13H,2,6H2,1H3/t7-/m1/s1. The van der Waals surface area contributed by atoms with Crippen LogP contribution in [0.4, 0.5) is 0 Å². The summed E-state index contributed by atoms with van der Waals surface area (Å²) in [5.74, 6) is 0.135. The molecule has 1 aromatic rings. The molecule has 0 saturated carbocycles. The van der Waals surface area contributed by atoms with Gasteiger partial charge in [-0.25, -0.2) is 0 Å². The third kappa shape index (κ3) is 2.87. The number of aliphatic hydroxyl groups excluding tert-OH is 1. The normalized spacial score (nSPS) is 12.9.